The Morgan fingerprint density at radius 3 is 1.37 bits per heavy atom. The van der Waals surface area contributed by atoms with Crippen molar-refractivity contribution in [1.82, 2.24) is 0 Å². The second kappa shape index (κ2) is 15.5. The monoisotopic (exact) mass is 810 g/mol. The van der Waals surface area contributed by atoms with Gasteiger partial charge in [0.2, 0.25) is 0 Å². The summed E-state index contributed by atoms with van der Waals surface area (Å²) in [5.41, 5.74) is 14.2. The molecule has 0 spiro atoms. The average Bonchev–Trinajstić information content (AvgIpc) is 3.67. The molecule has 3 nitrogen and oxygen atoms in total. The molecule has 0 aliphatic carbocycles. The van der Waals surface area contributed by atoms with E-state index in [1.807, 2.05) is 0 Å². The third-order valence-electron chi connectivity index (χ3n) is 12.2. The van der Waals surface area contributed by atoms with Gasteiger partial charge in [0, 0.05) is 39.2 Å². The number of furan rings is 1. The van der Waals surface area contributed by atoms with Gasteiger partial charge in [-0.1, -0.05) is 154 Å². The van der Waals surface area contributed by atoms with Gasteiger partial charge >= 0.3 is 0 Å². The minimum absolute atomic E-state index is 0.199. The van der Waals surface area contributed by atoms with E-state index in [0.29, 0.717) is 0 Å². The summed E-state index contributed by atoms with van der Waals surface area (Å²) in [6, 6.07) is 80.7. The Morgan fingerprint density at radius 2 is 0.778 bits per heavy atom. The highest BCUT2D eigenvalue weighted by Gasteiger charge is 2.27. The van der Waals surface area contributed by atoms with Crippen LogP contribution in [0, 0.1) is 0 Å². The van der Waals surface area contributed by atoms with Crippen LogP contribution >= 0.6 is 0 Å². The molecule has 0 unspecified atom stereocenters. The van der Waals surface area contributed by atoms with Crippen molar-refractivity contribution >= 4 is 77.6 Å². The summed E-state index contributed by atoms with van der Waals surface area (Å²) in [6.07, 6.45) is 0. The summed E-state index contributed by atoms with van der Waals surface area (Å²) in [5.74, 6) is 0. The van der Waals surface area contributed by atoms with Crippen molar-refractivity contribution in [2.24, 2.45) is 0 Å². The highest BCUT2D eigenvalue weighted by Crippen LogP contribution is 2.47. The second-order valence-corrected chi connectivity index (χ2v) is 17.4. The van der Waals surface area contributed by atoms with E-state index in [1.54, 1.807) is 0 Å². The van der Waals surface area contributed by atoms with E-state index in [0.717, 1.165) is 61.4 Å². The van der Waals surface area contributed by atoms with Crippen LogP contribution in [0.25, 0.3) is 65.7 Å². The van der Waals surface area contributed by atoms with Crippen molar-refractivity contribution in [2.75, 3.05) is 9.80 Å². The van der Waals surface area contributed by atoms with Crippen LogP contribution in [0.15, 0.2) is 229 Å². The van der Waals surface area contributed by atoms with Gasteiger partial charge in [-0.2, -0.15) is 0 Å². The van der Waals surface area contributed by atoms with Crippen LogP contribution in [0.2, 0.25) is 0 Å². The van der Waals surface area contributed by atoms with Crippen LogP contribution in [0.4, 0.5) is 34.1 Å². The van der Waals surface area contributed by atoms with Crippen molar-refractivity contribution in [3.05, 3.63) is 230 Å². The lowest BCUT2D eigenvalue weighted by molar-refractivity contribution is 0.596. The van der Waals surface area contributed by atoms with Crippen LogP contribution in [0.5, 0.6) is 0 Å². The predicted octanol–water partition coefficient (Wildman–Crippen LogP) is 17.5. The Kier molecular flexibility index (Phi) is 9.39. The molecule has 0 aliphatic heterocycles. The van der Waals surface area contributed by atoms with Crippen molar-refractivity contribution in [1.29, 1.82) is 0 Å². The first kappa shape index (κ1) is 38.1. The Hall–Kier alpha value is -7.88. The average molecular weight is 811 g/mol. The minimum atomic E-state index is -0.199. The molecular formula is C60H46N2O. The number of benzene rings is 10. The number of nitrogens with zero attached hydrogens (tertiary/aromatic N) is 2. The van der Waals surface area contributed by atoms with Gasteiger partial charge < -0.3 is 14.2 Å². The first-order valence-corrected chi connectivity index (χ1v) is 21.7. The molecule has 11 aromatic rings. The highest BCUT2D eigenvalue weighted by molar-refractivity contribution is 6.14. The molecule has 0 fully saturated rings. The summed E-state index contributed by atoms with van der Waals surface area (Å²) in [4.78, 5) is 4.75. The number of hydrogen-bond acceptors (Lipinski definition) is 3. The van der Waals surface area contributed by atoms with Crippen molar-refractivity contribution in [2.45, 2.75) is 26.2 Å². The molecule has 63 heavy (non-hydrogen) atoms. The third kappa shape index (κ3) is 7.08. The van der Waals surface area contributed by atoms with Gasteiger partial charge in [-0.25, -0.2) is 0 Å². The molecule has 0 saturated heterocycles. The smallest absolute Gasteiger partial charge is 0.136 e. The predicted molar refractivity (Wildman–Crippen MR) is 268 cm³/mol. The molecule has 0 bridgehead atoms. The Labute approximate surface area is 368 Å². The van der Waals surface area contributed by atoms with Gasteiger partial charge in [0.25, 0.3) is 0 Å². The van der Waals surface area contributed by atoms with Crippen molar-refractivity contribution in [3.8, 4) is 22.3 Å². The number of para-hydroxylation sites is 2. The van der Waals surface area contributed by atoms with E-state index >= 15 is 0 Å². The molecule has 11 rings (SSSR count). The third-order valence-corrected chi connectivity index (χ3v) is 12.2. The SMILES string of the molecule is CC(C)(C)c1c(N(c2ccccc2)c2cccc(-c3ccccc3)c2)ccc2cc3c(cc12)oc1cc2cc(N(c4ccccc4)c4cccc(-c5ccccc5)c4)ccc2cc13. The molecular weight excluding hydrogens is 765 g/mol. The molecule has 0 atom stereocenters. The Balaban J connectivity index is 1.05. The molecule has 0 saturated carbocycles. The zero-order valence-corrected chi connectivity index (χ0v) is 35.7. The van der Waals surface area contributed by atoms with Crippen LogP contribution in [0.3, 0.4) is 0 Å². The summed E-state index contributed by atoms with van der Waals surface area (Å²) in [7, 11) is 0. The van der Waals surface area contributed by atoms with Crippen molar-refractivity contribution in [3.63, 3.8) is 0 Å². The van der Waals surface area contributed by atoms with Crippen LogP contribution in [-0.2, 0) is 5.41 Å². The summed E-state index contributed by atoms with van der Waals surface area (Å²) >= 11 is 0. The van der Waals surface area contributed by atoms with Gasteiger partial charge in [-0.3, -0.25) is 0 Å². The topological polar surface area (TPSA) is 19.6 Å². The number of rotatable bonds is 8. The number of fused-ring (bicyclic) bond motifs is 5. The molecule has 302 valence electrons. The zero-order chi connectivity index (χ0) is 42.5. The number of anilines is 6. The van der Waals surface area contributed by atoms with Crippen molar-refractivity contribution < 1.29 is 4.42 Å². The fourth-order valence-corrected chi connectivity index (χ4v) is 9.37. The van der Waals surface area contributed by atoms with Gasteiger partial charge in [0.05, 0.1) is 5.69 Å². The molecule has 3 heteroatoms. The van der Waals surface area contributed by atoms with E-state index in [9.17, 15) is 0 Å². The van der Waals surface area contributed by atoms with Gasteiger partial charge in [0.1, 0.15) is 11.2 Å². The fraction of sp³-hybridized carbons (Fsp3) is 0.0667. The highest BCUT2D eigenvalue weighted by atomic mass is 16.3. The van der Waals surface area contributed by atoms with E-state index in [1.165, 1.54) is 44.0 Å². The largest absolute Gasteiger partial charge is 0.456 e. The van der Waals surface area contributed by atoms with Gasteiger partial charge in [-0.15, -0.1) is 0 Å². The lowest BCUT2D eigenvalue weighted by Crippen LogP contribution is -2.19. The van der Waals surface area contributed by atoms with Crippen LogP contribution in [0.1, 0.15) is 26.3 Å². The minimum Gasteiger partial charge on any atom is -0.456 e. The van der Waals surface area contributed by atoms with Crippen LogP contribution in [-0.4, -0.2) is 0 Å². The first-order chi connectivity index (χ1) is 30.9. The van der Waals surface area contributed by atoms with E-state index < -0.39 is 0 Å². The standard InChI is InChI=1S/C60H46N2O/c1-60(2,3)59-53-40-58-55(38-46(53)31-33-56(59)62(49-26-14-7-15-27-49)51-29-17-23-44(35-51)42-20-10-5-11-21-42)54-37-45-30-32-52(36-47(45)39-57(54)63-58)61(48-24-12-6-13-25-48)50-28-16-22-43(34-50)41-18-8-4-9-19-41/h4-40H,1-3H3. The first-order valence-electron chi connectivity index (χ1n) is 21.7. The Bertz CT molecular complexity index is 3420. The van der Waals surface area contributed by atoms with Gasteiger partial charge in [0.15, 0.2) is 0 Å². The number of hydrogen-bond donors (Lipinski definition) is 0. The van der Waals surface area contributed by atoms with E-state index in [4.69, 9.17) is 4.42 Å². The molecule has 1 aromatic heterocycles. The van der Waals surface area contributed by atoms with Crippen LogP contribution < -0.4 is 9.80 Å². The summed E-state index contributed by atoms with van der Waals surface area (Å²) in [6.45, 7) is 6.95. The summed E-state index contributed by atoms with van der Waals surface area (Å²) < 4.78 is 6.88. The fourth-order valence-electron chi connectivity index (χ4n) is 9.37. The molecule has 10 aromatic carbocycles. The maximum atomic E-state index is 6.88. The lowest BCUT2D eigenvalue weighted by Gasteiger charge is -2.33. The lowest BCUT2D eigenvalue weighted by atomic mass is 9.81. The maximum Gasteiger partial charge on any atom is 0.136 e. The molecule has 0 radical (unpaired) electrons. The van der Waals surface area contributed by atoms with E-state index in [2.05, 4.69) is 255 Å². The second-order valence-electron chi connectivity index (χ2n) is 17.4. The normalized spacial score (nSPS) is 11.7. The molecule has 0 aliphatic rings. The maximum absolute atomic E-state index is 6.88. The quantitative estimate of drug-likeness (QED) is 0.152. The Morgan fingerprint density at radius 1 is 0.317 bits per heavy atom. The molecule has 0 N–H and O–H groups in total. The summed E-state index contributed by atoms with van der Waals surface area (Å²) in [5, 5.41) is 6.91. The molecule has 0 amide bonds. The van der Waals surface area contributed by atoms with E-state index in [-0.39, 0.29) is 5.41 Å². The van der Waals surface area contributed by atoms with Gasteiger partial charge in [-0.05, 0) is 146 Å². The zero-order valence-electron chi connectivity index (χ0n) is 35.7. The molecule has 1 heterocycles.